The molecule has 110 valence electrons. The van der Waals surface area contributed by atoms with Crippen LogP contribution in [0.5, 0.6) is 11.6 Å². The third-order valence-corrected chi connectivity index (χ3v) is 1.99. The summed E-state index contributed by atoms with van der Waals surface area (Å²) < 4.78 is 44.3. The van der Waals surface area contributed by atoms with Crippen LogP contribution >= 0.6 is 0 Å². The Balaban J connectivity index is 3.41. The number of nitro groups is 1. The number of rotatable bonds is 5. The molecule has 1 aromatic heterocycles. The zero-order valence-corrected chi connectivity index (χ0v) is 9.80. The highest BCUT2D eigenvalue weighted by molar-refractivity contribution is 5.73. The van der Waals surface area contributed by atoms with Crippen LogP contribution in [0.1, 0.15) is 5.56 Å². The van der Waals surface area contributed by atoms with Gasteiger partial charge < -0.3 is 14.6 Å². The summed E-state index contributed by atoms with van der Waals surface area (Å²) in [5, 5.41) is 19.5. The van der Waals surface area contributed by atoms with Crippen molar-refractivity contribution >= 4 is 11.7 Å². The fourth-order valence-corrected chi connectivity index (χ4v) is 1.36. The van der Waals surface area contributed by atoms with Gasteiger partial charge in [-0.25, -0.2) is 4.98 Å². The van der Waals surface area contributed by atoms with Crippen LogP contribution in [0.25, 0.3) is 0 Å². The molecule has 0 aromatic carbocycles. The molecule has 1 aromatic rings. The molecule has 0 aliphatic rings. The van der Waals surface area contributed by atoms with E-state index in [4.69, 9.17) is 5.11 Å². The fraction of sp³-hybridized carbons (Fsp3) is 0.333. The Morgan fingerprint density at radius 3 is 2.55 bits per heavy atom. The van der Waals surface area contributed by atoms with Crippen molar-refractivity contribution in [3.8, 4) is 11.6 Å². The summed E-state index contributed by atoms with van der Waals surface area (Å²) in [4.78, 5) is 23.6. The minimum atomic E-state index is -5.12. The van der Waals surface area contributed by atoms with Gasteiger partial charge in [-0.15, -0.1) is 13.2 Å². The maximum Gasteiger partial charge on any atom is 0.574 e. The normalized spacial score (nSPS) is 11.0. The fourth-order valence-electron chi connectivity index (χ4n) is 1.36. The molecule has 0 spiro atoms. The van der Waals surface area contributed by atoms with Crippen molar-refractivity contribution in [2.24, 2.45) is 0 Å². The largest absolute Gasteiger partial charge is 0.574 e. The molecule has 20 heavy (non-hydrogen) atoms. The molecule has 11 heteroatoms. The van der Waals surface area contributed by atoms with Gasteiger partial charge in [0.2, 0.25) is 0 Å². The van der Waals surface area contributed by atoms with E-state index in [1.54, 1.807) is 0 Å². The van der Waals surface area contributed by atoms with Gasteiger partial charge in [-0.1, -0.05) is 0 Å². The quantitative estimate of drug-likeness (QED) is 0.647. The second kappa shape index (κ2) is 5.59. The first-order chi connectivity index (χ1) is 9.15. The third-order valence-electron chi connectivity index (χ3n) is 1.99. The van der Waals surface area contributed by atoms with Gasteiger partial charge in [0.1, 0.15) is 0 Å². The van der Waals surface area contributed by atoms with Crippen LogP contribution in [0.2, 0.25) is 0 Å². The Morgan fingerprint density at radius 2 is 2.15 bits per heavy atom. The van der Waals surface area contributed by atoms with Crippen LogP contribution in [-0.4, -0.2) is 34.5 Å². The second-order valence-electron chi connectivity index (χ2n) is 3.35. The molecule has 0 saturated heterocycles. The molecule has 0 fully saturated rings. The summed E-state index contributed by atoms with van der Waals surface area (Å²) in [6.45, 7) is 0. The summed E-state index contributed by atoms with van der Waals surface area (Å²) >= 11 is 0. The molecule has 0 saturated carbocycles. The van der Waals surface area contributed by atoms with Crippen molar-refractivity contribution in [3.05, 3.63) is 21.9 Å². The number of halogens is 3. The number of aromatic nitrogens is 1. The summed E-state index contributed by atoms with van der Waals surface area (Å²) in [7, 11) is 0.873. The van der Waals surface area contributed by atoms with Crippen LogP contribution in [-0.2, 0) is 11.2 Å². The number of nitrogens with zero attached hydrogens (tertiary/aromatic N) is 2. The number of methoxy groups -OCH3 is 1. The molecular weight excluding hydrogens is 289 g/mol. The van der Waals surface area contributed by atoms with E-state index in [1.807, 2.05) is 0 Å². The van der Waals surface area contributed by atoms with Gasteiger partial charge in [-0.3, -0.25) is 14.9 Å². The zero-order valence-electron chi connectivity index (χ0n) is 9.80. The lowest BCUT2D eigenvalue weighted by Crippen LogP contribution is -2.19. The highest BCUT2D eigenvalue weighted by Crippen LogP contribution is 2.39. The van der Waals surface area contributed by atoms with Gasteiger partial charge in [0.05, 0.1) is 24.0 Å². The second-order valence-corrected chi connectivity index (χ2v) is 3.35. The summed E-state index contributed by atoms with van der Waals surface area (Å²) in [5.41, 5.74) is -1.35. The van der Waals surface area contributed by atoms with E-state index in [0.29, 0.717) is 6.20 Å². The van der Waals surface area contributed by atoms with E-state index in [0.717, 1.165) is 7.11 Å². The van der Waals surface area contributed by atoms with Crippen molar-refractivity contribution in [1.82, 2.24) is 4.98 Å². The van der Waals surface area contributed by atoms with E-state index in [9.17, 15) is 28.1 Å². The number of hydrogen-bond acceptors (Lipinski definition) is 6. The number of pyridine rings is 1. The van der Waals surface area contributed by atoms with Gasteiger partial charge in [0.25, 0.3) is 11.6 Å². The molecule has 0 atom stereocenters. The van der Waals surface area contributed by atoms with Gasteiger partial charge in [0.15, 0.2) is 0 Å². The van der Waals surface area contributed by atoms with Crippen LogP contribution in [0.4, 0.5) is 18.9 Å². The number of carboxylic acid groups (broad SMARTS) is 1. The number of alkyl halides is 3. The highest BCUT2D eigenvalue weighted by atomic mass is 19.4. The van der Waals surface area contributed by atoms with Gasteiger partial charge >= 0.3 is 18.0 Å². The topological polar surface area (TPSA) is 112 Å². The maximum atomic E-state index is 12.1. The Labute approximate surface area is 108 Å². The summed E-state index contributed by atoms with van der Waals surface area (Å²) in [6.07, 6.45) is -5.30. The van der Waals surface area contributed by atoms with Crippen molar-refractivity contribution in [3.63, 3.8) is 0 Å². The molecule has 0 bridgehead atoms. The summed E-state index contributed by atoms with van der Waals surface area (Å²) in [5.74, 6) is -3.48. The molecule has 0 amide bonds. The average Bonchev–Trinajstić information content (AvgIpc) is 2.27. The molecule has 1 rings (SSSR count). The molecule has 0 radical (unpaired) electrons. The minimum absolute atomic E-state index is 0.408. The monoisotopic (exact) mass is 296 g/mol. The van der Waals surface area contributed by atoms with Crippen molar-refractivity contribution in [1.29, 1.82) is 0 Å². The van der Waals surface area contributed by atoms with E-state index in [1.165, 1.54) is 0 Å². The zero-order chi connectivity index (χ0) is 15.5. The third kappa shape index (κ3) is 3.70. The van der Waals surface area contributed by atoms with E-state index >= 15 is 0 Å². The number of aliphatic carboxylic acids is 1. The molecule has 1 heterocycles. The van der Waals surface area contributed by atoms with Crippen molar-refractivity contribution in [2.45, 2.75) is 12.8 Å². The average molecular weight is 296 g/mol. The van der Waals surface area contributed by atoms with E-state index in [2.05, 4.69) is 14.5 Å². The highest BCUT2D eigenvalue weighted by Gasteiger charge is 2.36. The maximum absolute atomic E-state index is 12.1. The van der Waals surface area contributed by atoms with Gasteiger partial charge in [0, 0.05) is 6.20 Å². The first kappa shape index (κ1) is 15.5. The summed E-state index contributed by atoms with van der Waals surface area (Å²) in [6, 6.07) is 0. The van der Waals surface area contributed by atoms with Crippen LogP contribution in [0.15, 0.2) is 6.20 Å². The molecule has 1 N–H and O–H groups in total. The van der Waals surface area contributed by atoms with Crippen molar-refractivity contribution < 1.29 is 37.5 Å². The van der Waals surface area contributed by atoms with E-state index in [-0.39, 0.29) is 0 Å². The molecule has 0 unspecified atom stereocenters. The number of hydrogen-bond donors (Lipinski definition) is 1. The van der Waals surface area contributed by atoms with Crippen LogP contribution in [0.3, 0.4) is 0 Å². The smallest absolute Gasteiger partial charge is 0.486 e. The van der Waals surface area contributed by atoms with E-state index < -0.39 is 46.6 Å². The Kier molecular flexibility index (Phi) is 4.32. The van der Waals surface area contributed by atoms with Gasteiger partial charge in [-0.2, -0.15) is 0 Å². The molecule has 8 nitrogen and oxygen atoms in total. The number of carboxylic acids is 1. The van der Waals surface area contributed by atoms with Crippen LogP contribution < -0.4 is 9.47 Å². The standard InChI is InChI=1S/C9H7F3N2O6/c1-19-7-6(14(17)18)4(2-5(15)16)3-13-8(7)20-9(10,11)12/h3H,2H2,1H3,(H,15,16). The molecule has 0 aliphatic carbocycles. The predicted octanol–water partition coefficient (Wildman–Crippen LogP) is 1.52. The minimum Gasteiger partial charge on any atom is -0.486 e. The lowest BCUT2D eigenvalue weighted by Gasteiger charge is -2.12. The molecule has 0 aliphatic heterocycles. The predicted molar refractivity (Wildman–Crippen MR) is 55.5 cm³/mol. The number of carbonyl (C=O) groups is 1. The van der Waals surface area contributed by atoms with Gasteiger partial charge in [-0.05, 0) is 0 Å². The SMILES string of the molecule is COc1c(OC(F)(F)F)ncc(CC(=O)O)c1[N+](=O)[O-]. The first-order valence-electron chi connectivity index (χ1n) is 4.83. The Hall–Kier alpha value is -2.59. The molecular formula is C9H7F3N2O6. The number of ether oxygens (including phenoxy) is 2. The Morgan fingerprint density at radius 1 is 1.55 bits per heavy atom. The van der Waals surface area contributed by atoms with Crippen molar-refractivity contribution in [2.75, 3.05) is 7.11 Å². The Bertz CT molecular complexity index is 545. The van der Waals surface area contributed by atoms with Crippen LogP contribution in [0, 0.1) is 10.1 Å². The lowest BCUT2D eigenvalue weighted by atomic mass is 10.1. The lowest BCUT2D eigenvalue weighted by molar-refractivity contribution is -0.386. The first-order valence-corrected chi connectivity index (χ1v) is 4.83.